The summed E-state index contributed by atoms with van der Waals surface area (Å²) >= 11 is 0. The predicted molar refractivity (Wildman–Crippen MR) is 75.9 cm³/mol. The van der Waals surface area contributed by atoms with Gasteiger partial charge in [-0.3, -0.25) is 4.90 Å². The van der Waals surface area contributed by atoms with Crippen LogP contribution in [-0.2, 0) is 4.74 Å². The minimum atomic E-state index is -0.212. The van der Waals surface area contributed by atoms with Crippen molar-refractivity contribution in [2.24, 2.45) is 4.99 Å². The average Bonchev–Trinajstić information content (AvgIpc) is 2.29. The van der Waals surface area contributed by atoms with Crippen molar-refractivity contribution in [3.05, 3.63) is 41.6 Å². The first-order valence-electron chi connectivity index (χ1n) is 6.13. The van der Waals surface area contributed by atoms with E-state index in [2.05, 4.69) is 63.0 Å². The van der Waals surface area contributed by atoms with Crippen molar-refractivity contribution in [3.8, 4) is 0 Å². The number of methoxy groups -OCH3 is 1. The van der Waals surface area contributed by atoms with E-state index >= 15 is 0 Å². The number of hydrogen-bond acceptors (Lipinski definition) is 3. The fourth-order valence-electron chi connectivity index (χ4n) is 2.20. The van der Waals surface area contributed by atoms with Crippen LogP contribution in [0.3, 0.4) is 0 Å². The lowest BCUT2D eigenvalue weighted by Crippen LogP contribution is -2.38. The third-order valence-electron chi connectivity index (χ3n) is 2.96. The molecule has 0 spiro atoms. The quantitative estimate of drug-likeness (QED) is 0.755. The molecule has 1 aliphatic rings. The van der Waals surface area contributed by atoms with E-state index in [9.17, 15) is 0 Å². The third kappa shape index (κ3) is 2.40. The molecule has 18 heavy (non-hydrogen) atoms. The Balaban J connectivity index is 2.43. The lowest BCUT2D eigenvalue weighted by molar-refractivity contribution is 0.381. The van der Waals surface area contributed by atoms with Gasteiger partial charge in [-0.15, -0.1) is 0 Å². The Kier molecular flexibility index (Phi) is 3.16. The van der Waals surface area contributed by atoms with Gasteiger partial charge in [0.2, 0.25) is 0 Å². The van der Waals surface area contributed by atoms with E-state index < -0.39 is 0 Å². The lowest BCUT2D eigenvalue weighted by Gasteiger charge is -2.33. The Morgan fingerprint density at radius 2 is 1.72 bits per heavy atom. The first-order chi connectivity index (χ1) is 8.43. The summed E-state index contributed by atoms with van der Waals surface area (Å²) in [6, 6.07) is 8.99. The molecule has 0 unspecified atom stereocenters. The van der Waals surface area contributed by atoms with E-state index in [4.69, 9.17) is 4.74 Å². The molecule has 1 aromatic carbocycles. The molecule has 0 N–H and O–H groups in total. The molecule has 0 amide bonds. The molecule has 0 saturated carbocycles. The van der Waals surface area contributed by atoms with Crippen molar-refractivity contribution < 1.29 is 4.74 Å². The Bertz CT molecular complexity index is 498. The summed E-state index contributed by atoms with van der Waals surface area (Å²) in [5.41, 5.74) is 3.24. The molecule has 96 valence electrons. The van der Waals surface area contributed by atoms with Gasteiger partial charge in [-0.1, -0.05) is 17.7 Å². The number of allylic oxidation sites excluding steroid dienone is 1. The smallest absolute Gasteiger partial charge is 0.296 e. The van der Waals surface area contributed by atoms with Gasteiger partial charge in [0.25, 0.3) is 6.02 Å². The SMILES string of the molecule is COC1=NC(C)(C)C=C(C)N1c1ccc(C)cc1. The first-order valence-corrected chi connectivity index (χ1v) is 6.13. The monoisotopic (exact) mass is 244 g/mol. The third-order valence-corrected chi connectivity index (χ3v) is 2.96. The van der Waals surface area contributed by atoms with Crippen LogP contribution in [-0.4, -0.2) is 18.7 Å². The molecular weight excluding hydrogens is 224 g/mol. The van der Waals surface area contributed by atoms with E-state index in [0.29, 0.717) is 6.02 Å². The number of hydrogen-bond donors (Lipinski definition) is 0. The number of amidine groups is 1. The van der Waals surface area contributed by atoms with E-state index in [-0.39, 0.29) is 5.54 Å². The summed E-state index contributed by atoms with van der Waals surface area (Å²) in [7, 11) is 1.66. The average molecular weight is 244 g/mol. The molecule has 3 heteroatoms. The summed E-state index contributed by atoms with van der Waals surface area (Å²) in [6.07, 6.45) is 2.15. The van der Waals surface area contributed by atoms with Crippen molar-refractivity contribution in [1.29, 1.82) is 0 Å². The second-order valence-electron chi connectivity index (χ2n) is 5.21. The Morgan fingerprint density at radius 3 is 2.28 bits per heavy atom. The van der Waals surface area contributed by atoms with Gasteiger partial charge in [0.05, 0.1) is 18.3 Å². The van der Waals surface area contributed by atoms with Gasteiger partial charge >= 0.3 is 0 Å². The normalized spacial score (nSPS) is 18.2. The van der Waals surface area contributed by atoms with Crippen LogP contribution in [0.25, 0.3) is 0 Å². The topological polar surface area (TPSA) is 24.8 Å². The van der Waals surface area contributed by atoms with Gasteiger partial charge in [0, 0.05) is 5.70 Å². The summed E-state index contributed by atoms with van der Waals surface area (Å²) in [5, 5.41) is 0. The highest BCUT2D eigenvalue weighted by Gasteiger charge is 2.27. The van der Waals surface area contributed by atoms with Crippen LogP contribution < -0.4 is 4.90 Å². The highest BCUT2D eigenvalue weighted by atomic mass is 16.5. The maximum Gasteiger partial charge on any atom is 0.296 e. The van der Waals surface area contributed by atoms with Crippen LogP contribution in [0.1, 0.15) is 26.3 Å². The second-order valence-corrected chi connectivity index (χ2v) is 5.21. The Labute approximate surface area is 109 Å². The maximum absolute atomic E-state index is 5.43. The molecular formula is C15H20N2O. The van der Waals surface area contributed by atoms with Crippen molar-refractivity contribution in [1.82, 2.24) is 0 Å². The molecule has 0 aliphatic carbocycles. The fraction of sp³-hybridized carbons (Fsp3) is 0.400. The minimum absolute atomic E-state index is 0.212. The number of aryl methyl sites for hydroxylation is 1. The molecule has 0 aromatic heterocycles. The standard InChI is InChI=1S/C15H20N2O/c1-11-6-8-13(9-7-11)17-12(2)10-15(3,4)16-14(17)18-5/h6-10H,1-5H3. The maximum atomic E-state index is 5.43. The van der Waals surface area contributed by atoms with Crippen molar-refractivity contribution in [2.75, 3.05) is 12.0 Å². The predicted octanol–water partition coefficient (Wildman–Crippen LogP) is 3.50. The number of nitrogens with zero attached hydrogens (tertiary/aromatic N) is 2. The lowest BCUT2D eigenvalue weighted by atomic mass is 10.0. The molecule has 0 radical (unpaired) electrons. The van der Waals surface area contributed by atoms with E-state index in [1.54, 1.807) is 7.11 Å². The summed E-state index contributed by atoms with van der Waals surface area (Å²) in [5.74, 6) is 0. The van der Waals surface area contributed by atoms with Crippen LogP contribution in [0.15, 0.2) is 41.0 Å². The molecule has 2 rings (SSSR count). The fourth-order valence-corrected chi connectivity index (χ4v) is 2.20. The first kappa shape index (κ1) is 12.7. The number of benzene rings is 1. The van der Waals surface area contributed by atoms with E-state index in [1.165, 1.54) is 5.56 Å². The molecule has 1 aliphatic heterocycles. The van der Waals surface area contributed by atoms with Gasteiger partial charge < -0.3 is 4.74 Å². The summed E-state index contributed by atoms with van der Waals surface area (Å²) < 4.78 is 5.43. The zero-order valence-electron chi connectivity index (χ0n) is 11.7. The van der Waals surface area contributed by atoms with Crippen LogP contribution in [0.5, 0.6) is 0 Å². The van der Waals surface area contributed by atoms with Crippen LogP contribution in [0.2, 0.25) is 0 Å². The van der Waals surface area contributed by atoms with E-state index in [1.807, 2.05) is 4.90 Å². The van der Waals surface area contributed by atoms with Gasteiger partial charge in [-0.25, -0.2) is 4.99 Å². The molecule has 3 nitrogen and oxygen atoms in total. The van der Waals surface area contributed by atoms with Crippen LogP contribution in [0.4, 0.5) is 5.69 Å². The van der Waals surface area contributed by atoms with Gasteiger partial charge in [-0.05, 0) is 45.9 Å². The zero-order chi connectivity index (χ0) is 13.3. The van der Waals surface area contributed by atoms with Gasteiger partial charge in [-0.2, -0.15) is 0 Å². The summed E-state index contributed by atoms with van der Waals surface area (Å²) in [6.45, 7) is 8.30. The van der Waals surface area contributed by atoms with Crippen LogP contribution in [0, 0.1) is 6.92 Å². The molecule has 1 aromatic rings. The molecule has 0 saturated heterocycles. The second kappa shape index (κ2) is 4.48. The molecule has 0 bridgehead atoms. The molecule has 1 heterocycles. The van der Waals surface area contributed by atoms with Crippen molar-refractivity contribution in [3.63, 3.8) is 0 Å². The Morgan fingerprint density at radius 1 is 1.11 bits per heavy atom. The number of aliphatic imine (C=N–C) groups is 1. The highest BCUT2D eigenvalue weighted by molar-refractivity contribution is 5.96. The largest absolute Gasteiger partial charge is 0.468 e. The summed E-state index contributed by atoms with van der Waals surface area (Å²) in [4.78, 5) is 6.64. The number of anilines is 1. The number of ether oxygens (including phenoxy) is 1. The Hall–Kier alpha value is -1.77. The van der Waals surface area contributed by atoms with Crippen LogP contribution >= 0.6 is 0 Å². The van der Waals surface area contributed by atoms with Gasteiger partial charge in [0.15, 0.2) is 0 Å². The van der Waals surface area contributed by atoms with Crippen molar-refractivity contribution in [2.45, 2.75) is 33.2 Å². The molecule has 0 atom stereocenters. The zero-order valence-corrected chi connectivity index (χ0v) is 11.7. The highest BCUT2D eigenvalue weighted by Crippen LogP contribution is 2.28. The van der Waals surface area contributed by atoms with Gasteiger partial charge in [0.1, 0.15) is 0 Å². The molecule has 0 fully saturated rings. The van der Waals surface area contributed by atoms with Crippen molar-refractivity contribution >= 4 is 11.7 Å². The number of rotatable bonds is 1. The van der Waals surface area contributed by atoms with E-state index in [0.717, 1.165) is 11.4 Å². The minimum Gasteiger partial charge on any atom is -0.468 e.